The van der Waals surface area contributed by atoms with Crippen molar-refractivity contribution in [3.8, 4) is 11.5 Å². The second-order valence-corrected chi connectivity index (χ2v) is 4.43. The molecule has 0 saturated carbocycles. The van der Waals surface area contributed by atoms with Gasteiger partial charge in [-0.2, -0.15) is 8.78 Å². The second-order valence-electron chi connectivity index (χ2n) is 4.43. The number of hydrogen-bond donors (Lipinski definition) is 1. The van der Waals surface area contributed by atoms with Crippen LogP contribution >= 0.6 is 0 Å². The van der Waals surface area contributed by atoms with Crippen molar-refractivity contribution < 1.29 is 23.0 Å². The van der Waals surface area contributed by atoms with Crippen LogP contribution < -0.4 is 14.8 Å². The van der Waals surface area contributed by atoms with Gasteiger partial charge < -0.3 is 19.5 Å². The largest absolute Gasteiger partial charge is 0.493 e. The summed E-state index contributed by atoms with van der Waals surface area (Å²) in [6.07, 6.45) is 0.882. The molecule has 1 rings (SSSR count). The summed E-state index contributed by atoms with van der Waals surface area (Å²) in [4.78, 5) is 0. The number of methoxy groups -OCH3 is 2. The molecule has 0 aliphatic rings. The van der Waals surface area contributed by atoms with Crippen LogP contribution in [-0.2, 0) is 11.3 Å². The Kier molecular flexibility index (Phi) is 7.25. The van der Waals surface area contributed by atoms with E-state index in [1.165, 1.54) is 7.11 Å². The molecule has 1 N–H and O–H groups in total. The molecule has 20 heavy (non-hydrogen) atoms. The van der Waals surface area contributed by atoms with Gasteiger partial charge in [-0.3, -0.25) is 0 Å². The first kappa shape index (κ1) is 16.7. The number of nitrogens with one attached hydrogen (secondary N) is 1. The lowest BCUT2D eigenvalue weighted by atomic mass is 10.1. The topological polar surface area (TPSA) is 39.7 Å². The van der Waals surface area contributed by atoms with Crippen molar-refractivity contribution in [2.24, 2.45) is 0 Å². The monoisotopic (exact) mass is 289 g/mol. The van der Waals surface area contributed by atoms with Crippen molar-refractivity contribution in [3.05, 3.63) is 23.8 Å². The lowest BCUT2D eigenvalue weighted by Gasteiger charge is -2.15. The summed E-state index contributed by atoms with van der Waals surface area (Å²) in [6, 6.07) is 5.26. The van der Waals surface area contributed by atoms with E-state index in [9.17, 15) is 8.78 Å². The van der Waals surface area contributed by atoms with Crippen LogP contribution in [0.3, 0.4) is 0 Å². The van der Waals surface area contributed by atoms with Crippen LogP contribution in [0.2, 0.25) is 0 Å². The predicted octanol–water partition coefficient (Wildman–Crippen LogP) is 2.81. The molecule has 0 heterocycles. The first-order chi connectivity index (χ1) is 9.56. The van der Waals surface area contributed by atoms with E-state index in [-0.39, 0.29) is 11.8 Å². The van der Waals surface area contributed by atoms with E-state index in [4.69, 9.17) is 9.47 Å². The third-order valence-electron chi connectivity index (χ3n) is 2.85. The SMILES string of the molecule is COCCC(C)NCc1ccc(OC)c(OC(F)F)c1. The smallest absolute Gasteiger partial charge is 0.387 e. The molecule has 4 nitrogen and oxygen atoms in total. The zero-order chi connectivity index (χ0) is 15.0. The van der Waals surface area contributed by atoms with Crippen molar-refractivity contribution in [2.75, 3.05) is 20.8 Å². The molecule has 0 amide bonds. The number of rotatable bonds is 9. The molecule has 6 heteroatoms. The van der Waals surface area contributed by atoms with Crippen molar-refractivity contribution >= 4 is 0 Å². The summed E-state index contributed by atoms with van der Waals surface area (Å²) in [5.41, 5.74) is 0.853. The molecule has 1 unspecified atom stereocenters. The van der Waals surface area contributed by atoms with E-state index in [2.05, 4.69) is 10.1 Å². The van der Waals surface area contributed by atoms with Gasteiger partial charge >= 0.3 is 6.61 Å². The van der Waals surface area contributed by atoms with Crippen LogP contribution in [-0.4, -0.2) is 33.5 Å². The third kappa shape index (κ3) is 5.71. The Labute approximate surface area is 118 Å². The second kappa shape index (κ2) is 8.71. The summed E-state index contributed by atoms with van der Waals surface area (Å²) in [5.74, 6) is 0.341. The van der Waals surface area contributed by atoms with Gasteiger partial charge in [0.05, 0.1) is 7.11 Å². The molecule has 0 aromatic heterocycles. The highest BCUT2D eigenvalue weighted by molar-refractivity contribution is 5.42. The first-order valence-electron chi connectivity index (χ1n) is 6.40. The molecule has 0 aliphatic heterocycles. The Bertz CT molecular complexity index is 402. The Morgan fingerprint density at radius 3 is 2.55 bits per heavy atom. The van der Waals surface area contributed by atoms with Crippen molar-refractivity contribution in [3.63, 3.8) is 0 Å². The highest BCUT2D eigenvalue weighted by atomic mass is 19.3. The van der Waals surface area contributed by atoms with Crippen LogP contribution in [0, 0.1) is 0 Å². The van der Waals surface area contributed by atoms with Gasteiger partial charge in [0.25, 0.3) is 0 Å². The van der Waals surface area contributed by atoms with Crippen molar-refractivity contribution in [1.82, 2.24) is 5.32 Å². The van der Waals surface area contributed by atoms with Crippen molar-refractivity contribution in [2.45, 2.75) is 32.5 Å². The van der Waals surface area contributed by atoms with E-state index >= 15 is 0 Å². The van der Waals surface area contributed by atoms with Crippen LogP contribution in [0.5, 0.6) is 11.5 Å². The maximum absolute atomic E-state index is 12.3. The zero-order valence-electron chi connectivity index (χ0n) is 12.0. The van der Waals surface area contributed by atoms with Crippen molar-refractivity contribution in [1.29, 1.82) is 0 Å². The first-order valence-corrected chi connectivity index (χ1v) is 6.40. The number of halogens is 2. The maximum Gasteiger partial charge on any atom is 0.387 e. The fraction of sp³-hybridized carbons (Fsp3) is 0.571. The van der Waals surface area contributed by atoms with Crippen LogP contribution in [0.1, 0.15) is 18.9 Å². The normalized spacial score (nSPS) is 12.5. The zero-order valence-corrected chi connectivity index (χ0v) is 12.0. The van der Waals surface area contributed by atoms with Gasteiger partial charge in [-0.25, -0.2) is 0 Å². The predicted molar refractivity (Wildman–Crippen MR) is 72.4 cm³/mol. The molecule has 1 aromatic carbocycles. The van der Waals surface area contributed by atoms with E-state index < -0.39 is 6.61 Å². The number of alkyl halides is 2. The fourth-order valence-electron chi connectivity index (χ4n) is 1.71. The average Bonchev–Trinajstić information content (AvgIpc) is 2.42. The van der Waals surface area contributed by atoms with E-state index in [0.29, 0.717) is 18.9 Å². The van der Waals surface area contributed by atoms with Gasteiger partial charge in [-0.05, 0) is 31.0 Å². The van der Waals surface area contributed by atoms with Crippen LogP contribution in [0.25, 0.3) is 0 Å². The van der Waals surface area contributed by atoms with Gasteiger partial charge in [-0.15, -0.1) is 0 Å². The highest BCUT2D eigenvalue weighted by Crippen LogP contribution is 2.29. The van der Waals surface area contributed by atoms with Crippen LogP contribution in [0.15, 0.2) is 18.2 Å². The molecule has 0 aliphatic carbocycles. The van der Waals surface area contributed by atoms with Gasteiger partial charge in [0.2, 0.25) is 0 Å². The van der Waals surface area contributed by atoms with Gasteiger partial charge in [-0.1, -0.05) is 6.07 Å². The number of hydrogen-bond acceptors (Lipinski definition) is 4. The number of benzene rings is 1. The molecule has 0 bridgehead atoms. The lowest BCUT2D eigenvalue weighted by Crippen LogP contribution is -2.26. The molecular weight excluding hydrogens is 268 g/mol. The Morgan fingerprint density at radius 1 is 1.20 bits per heavy atom. The molecule has 114 valence electrons. The Hall–Kier alpha value is -1.40. The van der Waals surface area contributed by atoms with Crippen LogP contribution in [0.4, 0.5) is 8.78 Å². The lowest BCUT2D eigenvalue weighted by molar-refractivity contribution is -0.0512. The maximum atomic E-state index is 12.3. The molecule has 0 saturated heterocycles. The summed E-state index contributed by atoms with van der Waals surface area (Å²) in [7, 11) is 3.07. The minimum Gasteiger partial charge on any atom is -0.493 e. The molecule has 1 atom stereocenters. The molecule has 0 spiro atoms. The number of ether oxygens (including phenoxy) is 3. The van der Waals surface area contributed by atoms with Gasteiger partial charge in [0.1, 0.15) is 0 Å². The summed E-state index contributed by atoms with van der Waals surface area (Å²) < 4.78 is 39.1. The molecule has 0 fully saturated rings. The summed E-state index contributed by atoms with van der Waals surface area (Å²) in [5, 5.41) is 3.29. The quantitative estimate of drug-likeness (QED) is 0.759. The molecule has 0 radical (unpaired) electrons. The third-order valence-corrected chi connectivity index (χ3v) is 2.85. The molecule has 1 aromatic rings. The van der Waals surface area contributed by atoms with Gasteiger partial charge in [0.15, 0.2) is 11.5 Å². The van der Waals surface area contributed by atoms with Gasteiger partial charge in [0, 0.05) is 26.3 Å². The molecular formula is C14H21F2NO3. The fourth-order valence-corrected chi connectivity index (χ4v) is 1.71. The Morgan fingerprint density at radius 2 is 1.95 bits per heavy atom. The van der Waals surface area contributed by atoms with E-state index in [0.717, 1.165) is 12.0 Å². The van der Waals surface area contributed by atoms with E-state index in [1.807, 2.05) is 13.0 Å². The minimum absolute atomic E-state index is 0.0475. The Balaban J connectivity index is 2.62. The minimum atomic E-state index is -2.87. The summed E-state index contributed by atoms with van der Waals surface area (Å²) in [6.45, 7) is 0.414. The standard InChI is InChI=1S/C14H21F2NO3/c1-10(6-7-18-2)17-9-11-4-5-12(19-3)13(8-11)20-14(15)16/h4-5,8,10,14,17H,6-7,9H2,1-3H3. The summed E-state index contributed by atoms with van der Waals surface area (Å²) >= 11 is 0. The average molecular weight is 289 g/mol. The highest BCUT2D eigenvalue weighted by Gasteiger charge is 2.11. The van der Waals surface area contributed by atoms with E-state index in [1.54, 1.807) is 19.2 Å².